The highest BCUT2D eigenvalue weighted by atomic mass is 16.5. The summed E-state index contributed by atoms with van der Waals surface area (Å²) in [6.07, 6.45) is 6.99. The molecule has 1 saturated carbocycles. The predicted molar refractivity (Wildman–Crippen MR) is 122 cm³/mol. The zero-order valence-corrected chi connectivity index (χ0v) is 18.2. The maximum Gasteiger partial charge on any atom is 0.337 e. The summed E-state index contributed by atoms with van der Waals surface area (Å²) < 4.78 is 11.9. The van der Waals surface area contributed by atoms with Crippen LogP contribution in [0.5, 0.6) is 11.5 Å². The molecule has 2 fully saturated rings. The van der Waals surface area contributed by atoms with Crippen LogP contribution in [0, 0.1) is 5.92 Å². The number of piperidine rings is 1. The highest BCUT2D eigenvalue weighted by Crippen LogP contribution is 2.38. The fraction of sp³-hybridized carbons (Fsp3) is 0.480. The Morgan fingerprint density at radius 1 is 1.10 bits per heavy atom. The van der Waals surface area contributed by atoms with Gasteiger partial charge >= 0.3 is 5.97 Å². The number of carboxylic acids is 1. The number of carboxylic acid groups (broad SMARTS) is 1. The Balaban J connectivity index is 1.71. The minimum Gasteiger partial charge on any atom is -0.493 e. The van der Waals surface area contributed by atoms with Crippen molar-refractivity contribution >= 4 is 17.3 Å². The second-order valence-electron chi connectivity index (χ2n) is 8.50. The van der Waals surface area contributed by atoms with Gasteiger partial charge in [-0.1, -0.05) is 12.1 Å². The first-order valence-electron chi connectivity index (χ1n) is 11.3. The van der Waals surface area contributed by atoms with Crippen LogP contribution in [-0.4, -0.2) is 43.9 Å². The van der Waals surface area contributed by atoms with Crippen molar-refractivity contribution in [3.05, 3.63) is 48.0 Å². The summed E-state index contributed by atoms with van der Waals surface area (Å²) in [7, 11) is 1.65. The Hall–Kier alpha value is -2.73. The molecule has 0 spiro atoms. The number of hydrogen-bond donors (Lipinski definition) is 2. The lowest BCUT2D eigenvalue weighted by molar-refractivity contribution is 0.0697. The molecule has 166 valence electrons. The first kappa shape index (κ1) is 21.5. The minimum atomic E-state index is -0.918. The molecule has 1 heterocycles. The van der Waals surface area contributed by atoms with Crippen LogP contribution in [0.4, 0.5) is 11.4 Å². The third-order valence-corrected chi connectivity index (χ3v) is 6.32. The molecule has 1 saturated heterocycles. The zero-order valence-electron chi connectivity index (χ0n) is 18.2. The zero-order chi connectivity index (χ0) is 21.6. The molecule has 2 aliphatic rings. The van der Waals surface area contributed by atoms with Gasteiger partial charge in [-0.3, -0.25) is 0 Å². The second kappa shape index (κ2) is 10.1. The van der Waals surface area contributed by atoms with E-state index in [4.69, 9.17) is 9.47 Å². The molecule has 0 bridgehead atoms. The van der Waals surface area contributed by atoms with Crippen molar-refractivity contribution in [3.8, 4) is 11.5 Å². The number of ether oxygens (including phenoxy) is 2. The fourth-order valence-electron chi connectivity index (χ4n) is 4.68. The van der Waals surface area contributed by atoms with Crippen molar-refractivity contribution in [3.63, 3.8) is 0 Å². The largest absolute Gasteiger partial charge is 0.493 e. The van der Waals surface area contributed by atoms with Crippen LogP contribution in [0.3, 0.4) is 0 Å². The highest BCUT2D eigenvalue weighted by Gasteiger charge is 2.24. The lowest BCUT2D eigenvalue weighted by atomic mass is 9.98. The van der Waals surface area contributed by atoms with Crippen LogP contribution in [0.2, 0.25) is 0 Å². The van der Waals surface area contributed by atoms with Gasteiger partial charge in [-0.25, -0.2) is 4.79 Å². The average Bonchev–Trinajstić information content (AvgIpc) is 3.31. The number of methoxy groups -OCH3 is 1. The van der Waals surface area contributed by atoms with Crippen molar-refractivity contribution in [2.45, 2.75) is 44.6 Å². The van der Waals surface area contributed by atoms with Gasteiger partial charge < -0.3 is 24.8 Å². The molecule has 6 nitrogen and oxygen atoms in total. The molecule has 2 aromatic carbocycles. The van der Waals surface area contributed by atoms with Gasteiger partial charge in [0.25, 0.3) is 0 Å². The van der Waals surface area contributed by atoms with E-state index in [1.54, 1.807) is 19.2 Å². The summed E-state index contributed by atoms with van der Waals surface area (Å²) in [4.78, 5) is 14.1. The van der Waals surface area contributed by atoms with Gasteiger partial charge in [-0.05, 0) is 81.8 Å². The number of benzene rings is 2. The standard InChI is InChI=1S/C25H32N2O4/c1-30-23-13-12-19(15-24(23)31-20-8-2-3-9-20)27(17-18-7-6-14-26-16-18)22-11-5-4-10-21(22)25(28)29/h4-5,10-13,15,18,20,26H,2-3,6-9,14,16-17H2,1H3,(H,28,29). The van der Waals surface area contributed by atoms with Gasteiger partial charge in [0.15, 0.2) is 11.5 Å². The Morgan fingerprint density at radius 3 is 2.61 bits per heavy atom. The van der Waals surface area contributed by atoms with E-state index in [2.05, 4.69) is 10.2 Å². The normalized spacial score (nSPS) is 19.2. The van der Waals surface area contributed by atoms with Crippen LogP contribution in [-0.2, 0) is 0 Å². The fourth-order valence-corrected chi connectivity index (χ4v) is 4.68. The third kappa shape index (κ3) is 5.13. The number of nitrogens with one attached hydrogen (secondary N) is 1. The number of carbonyl (C=O) groups is 1. The summed E-state index contributed by atoms with van der Waals surface area (Å²) in [5.74, 6) is 0.961. The average molecular weight is 425 g/mol. The molecule has 1 atom stereocenters. The molecule has 2 aromatic rings. The lowest BCUT2D eigenvalue weighted by Crippen LogP contribution is -2.37. The predicted octanol–water partition coefficient (Wildman–Crippen LogP) is 4.85. The number of aromatic carboxylic acids is 1. The highest BCUT2D eigenvalue weighted by molar-refractivity contribution is 5.95. The second-order valence-corrected chi connectivity index (χ2v) is 8.50. The monoisotopic (exact) mass is 424 g/mol. The Labute approximate surface area is 184 Å². The van der Waals surface area contributed by atoms with Gasteiger partial charge in [-0.2, -0.15) is 0 Å². The number of rotatable bonds is 8. The van der Waals surface area contributed by atoms with Gasteiger partial charge in [0, 0.05) is 18.3 Å². The molecule has 1 unspecified atom stereocenters. The summed E-state index contributed by atoms with van der Waals surface area (Å²) >= 11 is 0. The van der Waals surface area contributed by atoms with Gasteiger partial charge in [0.2, 0.25) is 0 Å². The molecule has 4 rings (SSSR count). The van der Waals surface area contributed by atoms with E-state index in [9.17, 15) is 9.90 Å². The number of nitrogens with zero attached hydrogens (tertiary/aromatic N) is 1. The maximum atomic E-state index is 12.0. The van der Waals surface area contributed by atoms with Crippen molar-refractivity contribution in [1.29, 1.82) is 0 Å². The summed E-state index contributed by atoms with van der Waals surface area (Å²) in [5.41, 5.74) is 1.94. The van der Waals surface area contributed by atoms with Crippen molar-refractivity contribution in [1.82, 2.24) is 5.32 Å². The Morgan fingerprint density at radius 2 is 1.90 bits per heavy atom. The first-order chi connectivity index (χ1) is 15.2. The summed E-state index contributed by atoms with van der Waals surface area (Å²) in [6, 6.07) is 13.2. The topological polar surface area (TPSA) is 71.0 Å². The van der Waals surface area contributed by atoms with E-state index in [0.717, 1.165) is 56.8 Å². The molecule has 6 heteroatoms. The van der Waals surface area contributed by atoms with E-state index < -0.39 is 5.97 Å². The van der Waals surface area contributed by atoms with E-state index >= 15 is 0 Å². The van der Waals surface area contributed by atoms with E-state index in [-0.39, 0.29) is 6.10 Å². The number of anilines is 2. The SMILES string of the molecule is COc1ccc(N(CC2CCCNC2)c2ccccc2C(=O)O)cc1OC1CCCC1. The minimum absolute atomic E-state index is 0.214. The Kier molecular flexibility index (Phi) is 6.97. The number of hydrogen-bond acceptors (Lipinski definition) is 5. The van der Waals surface area contributed by atoms with Crippen LogP contribution >= 0.6 is 0 Å². The van der Waals surface area contributed by atoms with Crippen molar-refractivity contribution < 1.29 is 19.4 Å². The maximum absolute atomic E-state index is 12.0. The molecule has 31 heavy (non-hydrogen) atoms. The van der Waals surface area contributed by atoms with Crippen molar-refractivity contribution in [2.24, 2.45) is 5.92 Å². The van der Waals surface area contributed by atoms with Crippen LogP contribution < -0.4 is 19.7 Å². The smallest absolute Gasteiger partial charge is 0.337 e. The lowest BCUT2D eigenvalue weighted by Gasteiger charge is -2.33. The molecule has 0 aromatic heterocycles. The molecule has 0 radical (unpaired) electrons. The van der Waals surface area contributed by atoms with Gasteiger partial charge in [0.05, 0.1) is 24.5 Å². The van der Waals surface area contributed by atoms with Crippen LogP contribution in [0.15, 0.2) is 42.5 Å². The van der Waals surface area contributed by atoms with E-state index in [1.165, 1.54) is 12.8 Å². The number of para-hydroxylation sites is 1. The molecular formula is C25H32N2O4. The van der Waals surface area contributed by atoms with E-state index in [0.29, 0.717) is 22.9 Å². The summed E-state index contributed by atoms with van der Waals surface area (Å²) in [5, 5.41) is 13.3. The molecular weight excluding hydrogens is 392 g/mol. The first-order valence-corrected chi connectivity index (χ1v) is 11.3. The van der Waals surface area contributed by atoms with Gasteiger partial charge in [-0.15, -0.1) is 0 Å². The third-order valence-electron chi connectivity index (χ3n) is 6.32. The molecule has 0 amide bonds. The van der Waals surface area contributed by atoms with Crippen molar-refractivity contribution in [2.75, 3.05) is 31.6 Å². The summed E-state index contributed by atoms with van der Waals surface area (Å²) in [6.45, 7) is 2.73. The van der Waals surface area contributed by atoms with Gasteiger partial charge in [0.1, 0.15) is 0 Å². The van der Waals surface area contributed by atoms with Crippen LogP contribution in [0.25, 0.3) is 0 Å². The Bertz CT molecular complexity index is 889. The molecule has 1 aliphatic heterocycles. The quantitative estimate of drug-likeness (QED) is 0.631. The van der Waals surface area contributed by atoms with E-state index in [1.807, 2.05) is 30.3 Å². The molecule has 1 aliphatic carbocycles. The van der Waals surface area contributed by atoms with Crippen LogP contribution in [0.1, 0.15) is 48.9 Å². The molecule has 2 N–H and O–H groups in total.